The fourth-order valence-corrected chi connectivity index (χ4v) is 4.30. The SMILES string of the molecule is C1CN(C2CN3CCC2CC3)CC1CNC1CC1. The van der Waals surface area contributed by atoms with Crippen LogP contribution in [0.15, 0.2) is 0 Å². The minimum Gasteiger partial charge on any atom is -0.314 e. The molecule has 1 N–H and O–H groups in total. The molecule has 1 saturated carbocycles. The fourth-order valence-electron chi connectivity index (χ4n) is 4.30. The lowest BCUT2D eigenvalue weighted by Gasteiger charge is -2.48. The van der Waals surface area contributed by atoms with Gasteiger partial charge in [0.1, 0.15) is 0 Å². The summed E-state index contributed by atoms with van der Waals surface area (Å²) < 4.78 is 0. The Morgan fingerprint density at radius 2 is 1.72 bits per heavy atom. The first-order chi connectivity index (χ1) is 8.88. The van der Waals surface area contributed by atoms with E-state index >= 15 is 0 Å². The number of rotatable bonds is 4. The van der Waals surface area contributed by atoms with Crippen LogP contribution in [0.25, 0.3) is 0 Å². The lowest BCUT2D eigenvalue weighted by atomic mass is 9.83. The Hall–Kier alpha value is -0.120. The molecular formula is C15H27N3. The van der Waals surface area contributed by atoms with Crippen molar-refractivity contribution >= 4 is 0 Å². The summed E-state index contributed by atoms with van der Waals surface area (Å²) in [4.78, 5) is 5.52. The summed E-state index contributed by atoms with van der Waals surface area (Å²) in [5.41, 5.74) is 0. The molecule has 3 nitrogen and oxygen atoms in total. The third-order valence-electron chi connectivity index (χ3n) is 5.68. The van der Waals surface area contributed by atoms with Crippen molar-refractivity contribution in [2.24, 2.45) is 11.8 Å². The Morgan fingerprint density at radius 1 is 0.889 bits per heavy atom. The number of piperidine rings is 3. The maximum absolute atomic E-state index is 3.72. The van der Waals surface area contributed by atoms with Gasteiger partial charge in [-0.25, -0.2) is 0 Å². The van der Waals surface area contributed by atoms with Crippen LogP contribution < -0.4 is 5.32 Å². The molecule has 102 valence electrons. The second-order valence-electron chi connectivity index (χ2n) is 7.04. The molecule has 2 unspecified atom stereocenters. The van der Waals surface area contributed by atoms with E-state index in [0.717, 1.165) is 23.9 Å². The van der Waals surface area contributed by atoms with Crippen molar-refractivity contribution in [3.8, 4) is 0 Å². The molecule has 1 aliphatic carbocycles. The molecule has 0 aromatic carbocycles. The highest BCUT2D eigenvalue weighted by Gasteiger charge is 2.39. The Bertz CT molecular complexity index is 294. The molecule has 0 aromatic heterocycles. The molecule has 5 rings (SSSR count). The first-order valence-corrected chi connectivity index (χ1v) is 8.08. The molecule has 4 aliphatic heterocycles. The van der Waals surface area contributed by atoms with Crippen molar-refractivity contribution in [3.63, 3.8) is 0 Å². The van der Waals surface area contributed by atoms with Crippen LogP contribution in [0.5, 0.6) is 0 Å². The topological polar surface area (TPSA) is 18.5 Å². The van der Waals surface area contributed by atoms with Gasteiger partial charge in [-0.05, 0) is 70.1 Å². The Kier molecular flexibility index (Phi) is 3.10. The summed E-state index contributed by atoms with van der Waals surface area (Å²) in [5, 5.41) is 3.72. The van der Waals surface area contributed by atoms with Crippen LogP contribution in [0.4, 0.5) is 0 Å². The smallest absolute Gasteiger partial charge is 0.0252 e. The predicted octanol–water partition coefficient (Wildman–Crippen LogP) is 1.15. The van der Waals surface area contributed by atoms with Crippen molar-refractivity contribution in [2.45, 2.75) is 44.2 Å². The monoisotopic (exact) mass is 249 g/mol. The fraction of sp³-hybridized carbons (Fsp3) is 1.00. The van der Waals surface area contributed by atoms with Crippen LogP contribution in [-0.2, 0) is 0 Å². The van der Waals surface area contributed by atoms with Gasteiger partial charge in [-0.15, -0.1) is 0 Å². The zero-order valence-corrected chi connectivity index (χ0v) is 11.5. The maximum Gasteiger partial charge on any atom is 0.0252 e. The normalized spacial score (nSPS) is 44.7. The molecule has 4 saturated heterocycles. The summed E-state index contributed by atoms with van der Waals surface area (Å²) in [6, 6.07) is 1.79. The van der Waals surface area contributed by atoms with Gasteiger partial charge in [-0.2, -0.15) is 0 Å². The van der Waals surface area contributed by atoms with Gasteiger partial charge in [0.05, 0.1) is 0 Å². The summed E-state index contributed by atoms with van der Waals surface area (Å²) in [5.74, 6) is 1.95. The maximum atomic E-state index is 3.72. The van der Waals surface area contributed by atoms with Crippen molar-refractivity contribution in [1.29, 1.82) is 0 Å². The van der Waals surface area contributed by atoms with E-state index in [4.69, 9.17) is 0 Å². The molecule has 3 heteroatoms. The third kappa shape index (κ3) is 2.33. The Morgan fingerprint density at radius 3 is 2.39 bits per heavy atom. The van der Waals surface area contributed by atoms with Crippen LogP contribution in [0.1, 0.15) is 32.1 Å². The highest BCUT2D eigenvalue weighted by molar-refractivity contribution is 4.95. The van der Waals surface area contributed by atoms with Crippen LogP contribution in [0.3, 0.4) is 0 Å². The minimum absolute atomic E-state index is 0.885. The van der Waals surface area contributed by atoms with Crippen molar-refractivity contribution in [2.75, 3.05) is 39.3 Å². The second-order valence-corrected chi connectivity index (χ2v) is 7.04. The molecule has 18 heavy (non-hydrogen) atoms. The van der Waals surface area contributed by atoms with E-state index in [1.54, 1.807) is 0 Å². The van der Waals surface area contributed by atoms with Gasteiger partial charge in [0.15, 0.2) is 0 Å². The van der Waals surface area contributed by atoms with Crippen LogP contribution in [-0.4, -0.2) is 61.2 Å². The average molecular weight is 249 g/mol. The van der Waals surface area contributed by atoms with Gasteiger partial charge in [0.25, 0.3) is 0 Å². The van der Waals surface area contributed by atoms with Crippen LogP contribution >= 0.6 is 0 Å². The molecule has 0 spiro atoms. The number of hydrogen-bond donors (Lipinski definition) is 1. The number of nitrogens with one attached hydrogen (secondary N) is 1. The number of nitrogens with zero attached hydrogens (tertiary/aromatic N) is 2. The largest absolute Gasteiger partial charge is 0.314 e. The van der Waals surface area contributed by atoms with Gasteiger partial charge >= 0.3 is 0 Å². The number of likely N-dealkylation sites (tertiary alicyclic amines) is 1. The summed E-state index contributed by atoms with van der Waals surface area (Å²) in [7, 11) is 0. The molecule has 0 amide bonds. The molecule has 4 heterocycles. The van der Waals surface area contributed by atoms with Crippen molar-refractivity contribution in [3.05, 3.63) is 0 Å². The van der Waals surface area contributed by atoms with Gasteiger partial charge < -0.3 is 10.2 Å². The standard InChI is InChI=1S/C15H27N3/c1-2-14(1)16-9-12-3-8-18(10-12)15-11-17-6-4-13(15)5-7-17/h12-16H,1-11H2. The molecule has 5 fully saturated rings. The second kappa shape index (κ2) is 4.77. The molecule has 5 aliphatic rings. The zero-order valence-electron chi connectivity index (χ0n) is 11.5. The van der Waals surface area contributed by atoms with E-state index in [0.29, 0.717) is 0 Å². The van der Waals surface area contributed by atoms with Crippen LogP contribution in [0, 0.1) is 11.8 Å². The van der Waals surface area contributed by atoms with E-state index in [2.05, 4.69) is 15.1 Å². The summed E-state index contributed by atoms with van der Waals surface area (Å²) >= 11 is 0. The van der Waals surface area contributed by atoms with Crippen molar-refractivity contribution < 1.29 is 0 Å². The first-order valence-electron chi connectivity index (χ1n) is 8.08. The predicted molar refractivity (Wildman–Crippen MR) is 73.7 cm³/mol. The highest BCUT2D eigenvalue weighted by atomic mass is 15.3. The van der Waals surface area contributed by atoms with Gasteiger partial charge in [-0.3, -0.25) is 4.90 Å². The molecule has 0 aromatic rings. The molecular weight excluding hydrogens is 222 g/mol. The van der Waals surface area contributed by atoms with Gasteiger partial charge in [0, 0.05) is 25.2 Å². The quantitative estimate of drug-likeness (QED) is 0.806. The average Bonchev–Trinajstić information content (AvgIpc) is 3.15. The van der Waals surface area contributed by atoms with E-state index in [1.165, 1.54) is 71.4 Å². The molecule has 2 atom stereocenters. The lowest BCUT2D eigenvalue weighted by Crippen LogP contribution is -2.56. The Balaban J connectivity index is 1.30. The van der Waals surface area contributed by atoms with Gasteiger partial charge in [-0.1, -0.05) is 0 Å². The molecule has 0 radical (unpaired) electrons. The molecule has 2 bridgehead atoms. The zero-order chi connectivity index (χ0) is 11.9. The van der Waals surface area contributed by atoms with E-state index in [1.807, 2.05) is 0 Å². The summed E-state index contributed by atoms with van der Waals surface area (Å²) in [6.45, 7) is 8.14. The number of hydrogen-bond acceptors (Lipinski definition) is 3. The van der Waals surface area contributed by atoms with E-state index in [-0.39, 0.29) is 0 Å². The van der Waals surface area contributed by atoms with Crippen LogP contribution in [0.2, 0.25) is 0 Å². The van der Waals surface area contributed by atoms with E-state index < -0.39 is 0 Å². The third-order valence-corrected chi connectivity index (χ3v) is 5.68. The van der Waals surface area contributed by atoms with Crippen molar-refractivity contribution in [1.82, 2.24) is 15.1 Å². The first kappa shape index (κ1) is 11.7. The van der Waals surface area contributed by atoms with E-state index in [9.17, 15) is 0 Å². The summed E-state index contributed by atoms with van der Waals surface area (Å²) in [6.07, 6.45) is 7.22. The highest BCUT2D eigenvalue weighted by Crippen LogP contribution is 2.33. The number of fused-ring (bicyclic) bond motifs is 3. The lowest BCUT2D eigenvalue weighted by molar-refractivity contribution is 0.0142. The minimum atomic E-state index is 0.885. The Labute approximate surface area is 111 Å². The van der Waals surface area contributed by atoms with Gasteiger partial charge in [0.2, 0.25) is 0 Å².